The largest absolute Gasteiger partial charge is 0.336 e. The molecule has 1 saturated heterocycles. The Hall–Kier alpha value is -0.820. The molecule has 16 heavy (non-hydrogen) atoms. The molecule has 0 aromatic heterocycles. The summed E-state index contributed by atoms with van der Waals surface area (Å²) in [6.45, 7) is 4.50. The van der Waals surface area contributed by atoms with E-state index in [2.05, 4.69) is 5.32 Å². The summed E-state index contributed by atoms with van der Waals surface area (Å²) >= 11 is 0. The molecule has 1 heterocycles. The highest BCUT2D eigenvalue weighted by Crippen LogP contribution is 2.15. The zero-order chi connectivity index (χ0) is 12.3. The van der Waals surface area contributed by atoms with Crippen LogP contribution in [0.5, 0.6) is 0 Å². The quantitative estimate of drug-likeness (QED) is 0.713. The number of carbonyl (C=O) groups excluding carboxylic acids is 1. The Morgan fingerprint density at radius 2 is 2.12 bits per heavy atom. The number of likely N-dealkylation sites (tertiary alicyclic amines) is 1. The second-order valence-electron chi connectivity index (χ2n) is 4.40. The molecule has 0 aliphatic carbocycles. The molecule has 0 aromatic rings. The van der Waals surface area contributed by atoms with Gasteiger partial charge in [0, 0.05) is 19.1 Å². The summed E-state index contributed by atoms with van der Waals surface area (Å²) in [7, 11) is -3.54. The lowest BCUT2D eigenvalue weighted by Crippen LogP contribution is -2.51. The SMILES string of the molecule is CC(C)NC(=O)N1CCCC(S(N)(=O)=O)C1. The Morgan fingerprint density at radius 3 is 2.62 bits per heavy atom. The van der Waals surface area contributed by atoms with E-state index in [1.807, 2.05) is 13.8 Å². The number of sulfonamides is 1. The molecule has 0 spiro atoms. The van der Waals surface area contributed by atoms with E-state index in [1.54, 1.807) is 0 Å². The molecule has 1 rings (SSSR count). The van der Waals surface area contributed by atoms with Crippen molar-refractivity contribution < 1.29 is 13.2 Å². The first kappa shape index (κ1) is 13.2. The molecule has 0 saturated carbocycles. The number of rotatable bonds is 2. The van der Waals surface area contributed by atoms with Gasteiger partial charge >= 0.3 is 6.03 Å². The number of piperidine rings is 1. The highest BCUT2D eigenvalue weighted by molar-refractivity contribution is 7.89. The van der Waals surface area contributed by atoms with Crippen molar-refractivity contribution in [2.75, 3.05) is 13.1 Å². The fourth-order valence-electron chi connectivity index (χ4n) is 1.73. The van der Waals surface area contributed by atoms with Crippen LogP contribution >= 0.6 is 0 Å². The van der Waals surface area contributed by atoms with Crippen LogP contribution in [-0.4, -0.2) is 43.7 Å². The maximum atomic E-state index is 11.7. The fraction of sp³-hybridized carbons (Fsp3) is 0.889. The van der Waals surface area contributed by atoms with Crippen molar-refractivity contribution in [2.45, 2.75) is 38.0 Å². The number of carbonyl (C=O) groups is 1. The summed E-state index contributed by atoms with van der Waals surface area (Å²) in [5.41, 5.74) is 0. The van der Waals surface area contributed by atoms with Gasteiger partial charge in [0.2, 0.25) is 10.0 Å². The van der Waals surface area contributed by atoms with Gasteiger partial charge in [0.1, 0.15) is 0 Å². The fourth-order valence-corrected chi connectivity index (χ4v) is 2.61. The summed E-state index contributed by atoms with van der Waals surface area (Å²) in [5.74, 6) is 0. The lowest BCUT2D eigenvalue weighted by atomic mass is 10.1. The number of amides is 2. The summed E-state index contributed by atoms with van der Waals surface area (Å²) < 4.78 is 22.4. The van der Waals surface area contributed by atoms with Gasteiger partial charge in [-0.25, -0.2) is 18.4 Å². The average Bonchev–Trinajstić information content (AvgIpc) is 2.15. The van der Waals surface area contributed by atoms with Crippen LogP contribution in [0.1, 0.15) is 26.7 Å². The first-order chi connectivity index (χ1) is 7.30. The molecule has 6 nitrogen and oxygen atoms in total. The monoisotopic (exact) mass is 249 g/mol. The predicted molar refractivity (Wildman–Crippen MR) is 61.4 cm³/mol. The number of hydrogen-bond donors (Lipinski definition) is 2. The zero-order valence-electron chi connectivity index (χ0n) is 9.64. The average molecular weight is 249 g/mol. The molecular formula is C9H19N3O3S. The molecule has 3 N–H and O–H groups in total. The van der Waals surface area contributed by atoms with E-state index in [-0.39, 0.29) is 18.6 Å². The third-order valence-electron chi connectivity index (χ3n) is 2.54. The first-order valence-electron chi connectivity index (χ1n) is 5.37. The third kappa shape index (κ3) is 3.64. The Bertz CT molecular complexity index is 353. The summed E-state index contributed by atoms with van der Waals surface area (Å²) in [6.07, 6.45) is 1.21. The molecule has 0 bridgehead atoms. The number of hydrogen-bond acceptors (Lipinski definition) is 3. The second kappa shape index (κ2) is 5.01. The van der Waals surface area contributed by atoms with Crippen molar-refractivity contribution in [2.24, 2.45) is 5.14 Å². The lowest BCUT2D eigenvalue weighted by Gasteiger charge is -2.32. The maximum absolute atomic E-state index is 11.7. The second-order valence-corrected chi connectivity index (χ2v) is 6.25. The van der Waals surface area contributed by atoms with Gasteiger partial charge in [-0.3, -0.25) is 0 Å². The van der Waals surface area contributed by atoms with Gasteiger partial charge in [0.15, 0.2) is 0 Å². The van der Waals surface area contributed by atoms with E-state index >= 15 is 0 Å². The molecule has 0 aromatic carbocycles. The lowest BCUT2D eigenvalue weighted by molar-refractivity contribution is 0.184. The van der Waals surface area contributed by atoms with Gasteiger partial charge in [-0.15, -0.1) is 0 Å². The first-order valence-corrected chi connectivity index (χ1v) is 6.98. The number of urea groups is 1. The molecule has 94 valence electrons. The molecule has 7 heteroatoms. The van der Waals surface area contributed by atoms with E-state index in [0.29, 0.717) is 19.4 Å². The molecule has 2 amide bonds. The van der Waals surface area contributed by atoms with Crippen LogP contribution in [0.4, 0.5) is 4.79 Å². The van der Waals surface area contributed by atoms with Crippen molar-refractivity contribution in [3.63, 3.8) is 0 Å². The highest BCUT2D eigenvalue weighted by atomic mass is 32.2. The Labute approximate surface area is 96.2 Å². The molecule has 0 radical (unpaired) electrons. The van der Waals surface area contributed by atoms with Crippen molar-refractivity contribution in [1.82, 2.24) is 10.2 Å². The van der Waals surface area contributed by atoms with E-state index in [1.165, 1.54) is 4.90 Å². The summed E-state index contributed by atoms with van der Waals surface area (Å²) in [6, 6.07) is -0.175. The van der Waals surface area contributed by atoms with Gasteiger partial charge in [-0.1, -0.05) is 0 Å². The predicted octanol–water partition coefficient (Wildman–Crippen LogP) is -0.143. The van der Waals surface area contributed by atoms with Crippen LogP contribution in [0.2, 0.25) is 0 Å². The van der Waals surface area contributed by atoms with E-state index in [9.17, 15) is 13.2 Å². The normalized spacial score (nSPS) is 22.2. The minimum atomic E-state index is -3.54. The van der Waals surface area contributed by atoms with Crippen LogP contribution in [0.25, 0.3) is 0 Å². The third-order valence-corrected chi connectivity index (χ3v) is 3.86. The summed E-state index contributed by atoms with van der Waals surface area (Å²) in [4.78, 5) is 13.2. The van der Waals surface area contributed by atoms with Crippen LogP contribution in [-0.2, 0) is 10.0 Å². The zero-order valence-corrected chi connectivity index (χ0v) is 10.5. The summed E-state index contributed by atoms with van der Waals surface area (Å²) in [5, 5.41) is 7.20. The Kier molecular flexibility index (Phi) is 4.15. The van der Waals surface area contributed by atoms with Crippen molar-refractivity contribution in [3.05, 3.63) is 0 Å². The molecule has 1 atom stereocenters. The van der Waals surface area contributed by atoms with Gasteiger partial charge in [-0.05, 0) is 26.7 Å². The van der Waals surface area contributed by atoms with Crippen molar-refractivity contribution >= 4 is 16.1 Å². The van der Waals surface area contributed by atoms with E-state index in [0.717, 1.165) is 0 Å². The standard InChI is InChI=1S/C9H19N3O3S/c1-7(2)11-9(13)12-5-3-4-8(6-12)16(10,14)15/h7-8H,3-6H2,1-2H3,(H,11,13)(H2,10,14,15). The maximum Gasteiger partial charge on any atom is 0.317 e. The Morgan fingerprint density at radius 1 is 1.50 bits per heavy atom. The number of nitrogens with zero attached hydrogens (tertiary/aromatic N) is 1. The topological polar surface area (TPSA) is 92.5 Å². The van der Waals surface area contributed by atoms with Gasteiger partial charge in [0.25, 0.3) is 0 Å². The minimum absolute atomic E-state index is 0.0439. The molecular weight excluding hydrogens is 230 g/mol. The number of primary sulfonamides is 1. The van der Waals surface area contributed by atoms with Crippen molar-refractivity contribution in [1.29, 1.82) is 0 Å². The van der Waals surface area contributed by atoms with Gasteiger partial charge in [-0.2, -0.15) is 0 Å². The highest BCUT2D eigenvalue weighted by Gasteiger charge is 2.30. The Balaban J connectivity index is 2.60. The van der Waals surface area contributed by atoms with Crippen molar-refractivity contribution in [3.8, 4) is 0 Å². The molecule has 1 aliphatic heterocycles. The molecule has 1 fully saturated rings. The van der Waals surface area contributed by atoms with E-state index in [4.69, 9.17) is 5.14 Å². The minimum Gasteiger partial charge on any atom is -0.336 e. The van der Waals surface area contributed by atoms with Crippen LogP contribution in [0.3, 0.4) is 0 Å². The van der Waals surface area contributed by atoms with Crippen LogP contribution in [0.15, 0.2) is 0 Å². The van der Waals surface area contributed by atoms with Gasteiger partial charge in [0.05, 0.1) is 5.25 Å². The smallest absolute Gasteiger partial charge is 0.317 e. The number of nitrogens with two attached hydrogens (primary N) is 1. The van der Waals surface area contributed by atoms with Crippen LogP contribution < -0.4 is 10.5 Å². The molecule has 1 aliphatic rings. The van der Waals surface area contributed by atoms with Gasteiger partial charge < -0.3 is 10.2 Å². The number of nitrogens with one attached hydrogen (secondary N) is 1. The molecule has 1 unspecified atom stereocenters. The van der Waals surface area contributed by atoms with Crippen LogP contribution in [0, 0.1) is 0 Å². The van der Waals surface area contributed by atoms with E-state index < -0.39 is 15.3 Å².